The molecule has 0 amide bonds. The molecule has 0 fully saturated rings. The van der Waals surface area contributed by atoms with Gasteiger partial charge in [0, 0.05) is 22.3 Å². The first-order chi connectivity index (χ1) is 26.8. The fourth-order valence-corrected chi connectivity index (χ4v) is 8.90. The normalized spacial score (nSPS) is 15.9. The first-order valence-corrected chi connectivity index (χ1v) is 18.5. The third-order valence-corrected chi connectivity index (χ3v) is 11.3. The maximum absolute atomic E-state index is 6.57. The molecule has 3 aliphatic rings. The SMILES string of the molecule is c1ccc(C2N=C(c3ccc4ccccc4c3)NC(c3cccc(-c4cccc5c4-c4ccccc4C54c5ccccc5Oc5ccccc54)c3)=[NH+]2)cc1. The molecule has 1 unspecified atom stereocenters. The standard InChI is InChI=1S/C50H33N3O/c1-2-15-33(16-3-1)47-51-48(53-49(52-47)37-29-28-32-14-4-5-17-34(32)30-37)36-19-12-18-35(31-36)38-21-13-25-43-46(38)39-20-6-7-22-40(39)50(43)41-23-8-10-26-44(41)54-45-27-11-9-24-42(45)50/h1-31,47H,(H,51,52,53)/p+1. The predicted molar refractivity (Wildman–Crippen MR) is 217 cm³/mol. The van der Waals surface area contributed by atoms with Gasteiger partial charge in [-0.05, 0) is 80.6 Å². The van der Waals surface area contributed by atoms with E-state index >= 15 is 0 Å². The minimum atomic E-state index is -0.514. The fraction of sp³-hybridized carbons (Fsp3) is 0.0400. The van der Waals surface area contributed by atoms with E-state index in [4.69, 9.17) is 9.73 Å². The van der Waals surface area contributed by atoms with E-state index in [9.17, 15) is 0 Å². The number of ether oxygens (including phenoxy) is 1. The highest BCUT2D eigenvalue weighted by Crippen LogP contribution is 2.63. The van der Waals surface area contributed by atoms with Crippen molar-refractivity contribution in [2.75, 3.05) is 0 Å². The molecule has 1 aliphatic carbocycles. The van der Waals surface area contributed by atoms with Gasteiger partial charge in [0.15, 0.2) is 0 Å². The number of amidine groups is 2. The first-order valence-electron chi connectivity index (χ1n) is 18.5. The molecule has 0 saturated carbocycles. The summed E-state index contributed by atoms with van der Waals surface area (Å²) >= 11 is 0. The van der Waals surface area contributed by atoms with Crippen molar-refractivity contribution in [3.8, 4) is 33.8 Å². The van der Waals surface area contributed by atoms with Crippen LogP contribution in [0.5, 0.6) is 11.5 Å². The molecule has 0 bridgehead atoms. The van der Waals surface area contributed by atoms with E-state index in [0.717, 1.165) is 45.4 Å². The Morgan fingerprint density at radius 3 is 1.93 bits per heavy atom. The molecule has 8 aromatic rings. The Balaban J connectivity index is 1.07. The van der Waals surface area contributed by atoms with Crippen LogP contribution in [0.3, 0.4) is 0 Å². The van der Waals surface area contributed by atoms with Crippen molar-refractivity contribution in [3.05, 3.63) is 227 Å². The molecular formula is C50H34N3O+. The topological polar surface area (TPSA) is 47.6 Å². The van der Waals surface area contributed by atoms with E-state index in [-0.39, 0.29) is 6.17 Å². The van der Waals surface area contributed by atoms with Crippen LogP contribution in [-0.2, 0) is 5.41 Å². The molecule has 2 aliphatic heterocycles. The Kier molecular flexibility index (Phi) is 6.80. The number of fused-ring (bicyclic) bond motifs is 10. The van der Waals surface area contributed by atoms with Gasteiger partial charge in [0.05, 0.1) is 11.0 Å². The van der Waals surface area contributed by atoms with Crippen LogP contribution in [-0.4, -0.2) is 11.7 Å². The molecule has 11 rings (SSSR count). The largest absolute Gasteiger partial charge is 0.457 e. The van der Waals surface area contributed by atoms with Crippen LogP contribution in [0.25, 0.3) is 33.0 Å². The number of para-hydroxylation sites is 2. The smallest absolute Gasteiger partial charge is 0.283 e. The minimum Gasteiger partial charge on any atom is -0.457 e. The second-order valence-corrected chi connectivity index (χ2v) is 14.2. The lowest BCUT2D eigenvalue weighted by Gasteiger charge is -2.39. The van der Waals surface area contributed by atoms with Gasteiger partial charge in [-0.15, -0.1) is 0 Å². The van der Waals surface area contributed by atoms with Crippen LogP contribution in [0, 0.1) is 0 Å². The first kappa shape index (κ1) is 30.6. The average molecular weight is 693 g/mol. The maximum atomic E-state index is 6.57. The third kappa shape index (κ3) is 4.56. The number of nitrogens with zero attached hydrogens (tertiary/aromatic N) is 1. The van der Waals surface area contributed by atoms with Crippen molar-refractivity contribution in [2.24, 2.45) is 4.99 Å². The predicted octanol–water partition coefficient (Wildman–Crippen LogP) is 9.55. The van der Waals surface area contributed by atoms with Gasteiger partial charge in [0.25, 0.3) is 5.84 Å². The number of hydrogen-bond donors (Lipinski definition) is 2. The summed E-state index contributed by atoms with van der Waals surface area (Å²) in [5.41, 5.74) is 12.4. The van der Waals surface area contributed by atoms with Crippen molar-refractivity contribution in [3.63, 3.8) is 0 Å². The van der Waals surface area contributed by atoms with E-state index in [1.807, 2.05) is 6.07 Å². The van der Waals surface area contributed by atoms with Gasteiger partial charge in [0.1, 0.15) is 11.5 Å². The van der Waals surface area contributed by atoms with Crippen molar-refractivity contribution < 1.29 is 9.73 Å². The molecule has 1 spiro atoms. The molecule has 254 valence electrons. The quantitative estimate of drug-likeness (QED) is 0.193. The van der Waals surface area contributed by atoms with Crippen LogP contribution in [0.2, 0.25) is 0 Å². The highest BCUT2D eigenvalue weighted by Gasteiger charge is 2.51. The molecule has 4 heteroatoms. The third-order valence-electron chi connectivity index (χ3n) is 11.3. The Labute approximate surface area is 313 Å². The summed E-state index contributed by atoms with van der Waals surface area (Å²) in [6.45, 7) is 0. The lowest BCUT2D eigenvalue weighted by Crippen LogP contribution is -2.80. The Morgan fingerprint density at radius 1 is 0.481 bits per heavy atom. The van der Waals surface area contributed by atoms with Gasteiger partial charge in [-0.3, -0.25) is 0 Å². The molecule has 1 atom stereocenters. The molecule has 2 N–H and O–H groups in total. The number of rotatable bonds is 4. The minimum absolute atomic E-state index is 0.256. The van der Waals surface area contributed by atoms with Crippen molar-refractivity contribution in [1.29, 1.82) is 0 Å². The molecule has 2 heterocycles. The Hall–Kier alpha value is -7.04. The summed E-state index contributed by atoms with van der Waals surface area (Å²) in [4.78, 5) is 8.95. The highest BCUT2D eigenvalue weighted by atomic mass is 16.5. The van der Waals surface area contributed by atoms with Crippen LogP contribution < -0.4 is 15.0 Å². The van der Waals surface area contributed by atoms with Crippen molar-refractivity contribution >= 4 is 22.4 Å². The van der Waals surface area contributed by atoms with E-state index in [1.54, 1.807) is 0 Å². The van der Waals surface area contributed by atoms with Crippen LogP contribution in [0.15, 0.2) is 193 Å². The number of aliphatic imine (C=N–C) groups is 1. The van der Waals surface area contributed by atoms with Crippen LogP contribution in [0.4, 0.5) is 0 Å². The molecule has 0 aromatic heterocycles. The molecule has 8 aromatic carbocycles. The number of nitrogens with one attached hydrogen (secondary N) is 2. The summed E-state index contributed by atoms with van der Waals surface area (Å²) in [6, 6.07) is 67.1. The van der Waals surface area contributed by atoms with Gasteiger partial charge in [-0.25, -0.2) is 10.3 Å². The summed E-state index contributed by atoms with van der Waals surface area (Å²) in [5.74, 6) is 3.55. The van der Waals surface area contributed by atoms with Gasteiger partial charge in [-0.2, -0.15) is 4.99 Å². The number of hydrogen-bond acceptors (Lipinski definition) is 3. The fourth-order valence-electron chi connectivity index (χ4n) is 8.90. The van der Waals surface area contributed by atoms with Gasteiger partial charge < -0.3 is 4.74 Å². The zero-order chi connectivity index (χ0) is 35.6. The Morgan fingerprint density at radius 2 is 1.11 bits per heavy atom. The molecule has 4 nitrogen and oxygen atoms in total. The average Bonchev–Trinajstić information content (AvgIpc) is 3.54. The summed E-state index contributed by atoms with van der Waals surface area (Å²) in [6.07, 6.45) is -0.256. The molecule has 0 radical (unpaired) electrons. The van der Waals surface area contributed by atoms with Gasteiger partial charge in [-0.1, -0.05) is 152 Å². The summed E-state index contributed by atoms with van der Waals surface area (Å²) < 4.78 is 6.57. The van der Waals surface area contributed by atoms with Crippen molar-refractivity contribution in [2.45, 2.75) is 11.6 Å². The zero-order valence-electron chi connectivity index (χ0n) is 29.3. The molecule has 54 heavy (non-hydrogen) atoms. The second kappa shape index (κ2) is 12.0. The summed E-state index contributed by atoms with van der Waals surface area (Å²) in [7, 11) is 0. The molecular weight excluding hydrogens is 659 g/mol. The molecule has 0 saturated heterocycles. The van der Waals surface area contributed by atoms with E-state index in [1.165, 1.54) is 49.7 Å². The number of benzene rings is 8. The monoisotopic (exact) mass is 692 g/mol. The van der Waals surface area contributed by atoms with Crippen LogP contribution >= 0.6 is 0 Å². The Bertz CT molecular complexity index is 2810. The van der Waals surface area contributed by atoms with E-state index in [2.05, 4.69) is 192 Å². The maximum Gasteiger partial charge on any atom is 0.283 e. The van der Waals surface area contributed by atoms with Crippen molar-refractivity contribution in [1.82, 2.24) is 5.32 Å². The second-order valence-electron chi connectivity index (χ2n) is 14.2. The van der Waals surface area contributed by atoms with Crippen LogP contribution in [0.1, 0.15) is 45.1 Å². The highest BCUT2D eigenvalue weighted by molar-refractivity contribution is 6.14. The van der Waals surface area contributed by atoms with Gasteiger partial charge in [0.2, 0.25) is 12.0 Å². The van der Waals surface area contributed by atoms with E-state index < -0.39 is 5.41 Å². The van der Waals surface area contributed by atoms with Gasteiger partial charge >= 0.3 is 0 Å². The summed E-state index contributed by atoms with van der Waals surface area (Å²) in [5, 5.41) is 6.10. The van der Waals surface area contributed by atoms with E-state index in [0.29, 0.717) is 0 Å². The zero-order valence-corrected chi connectivity index (χ0v) is 29.3. The lowest BCUT2D eigenvalue weighted by atomic mass is 9.66. The lowest BCUT2D eigenvalue weighted by molar-refractivity contribution is -0.510.